The molecule has 0 radical (unpaired) electrons. The van der Waals surface area contributed by atoms with Crippen LogP contribution in [0.4, 0.5) is 0 Å². The van der Waals surface area contributed by atoms with Crippen LogP contribution in [0, 0.1) is 13.8 Å². The van der Waals surface area contributed by atoms with Gasteiger partial charge in [-0.05, 0) is 36.9 Å². The molecule has 1 N–H and O–H groups in total. The van der Waals surface area contributed by atoms with Gasteiger partial charge in [-0.1, -0.05) is 19.9 Å². The first-order chi connectivity index (χ1) is 8.92. The van der Waals surface area contributed by atoms with Crippen molar-refractivity contribution in [3.8, 4) is 0 Å². The summed E-state index contributed by atoms with van der Waals surface area (Å²) in [5, 5.41) is 5.76. The summed E-state index contributed by atoms with van der Waals surface area (Å²) in [5.41, 5.74) is 4.29. The lowest BCUT2D eigenvalue weighted by molar-refractivity contribution is 0.476. The monoisotopic (exact) mass is 276 g/mol. The highest BCUT2D eigenvalue weighted by Crippen LogP contribution is 2.26. The molecule has 2 heterocycles. The van der Waals surface area contributed by atoms with E-state index in [-0.39, 0.29) is 5.41 Å². The summed E-state index contributed by atoms with van der Waals surface area (Å²) in [7, 11) is 2.13. The molecule has 0 spiro atoms. The van der Waals surface area contributed by atoms with Crippen LogP contribution in [0.2, 0.25) is 0 Å². The van der Waals surface area contributed by atoms with Crippen molar-refractivity contribution in [1.29, 1.82) is 0 Å². The largest absolute Gasteiger partial charge is 0.352 e. The Morgan fingerprint density at radius 3 is 2.58 bits per heavy atom. The van der Waals surface area contributed by atoms with Crippen LogP contribution in [0.1, 0.15) is 35.7 Å². The van der Waals surface area contributed by atoms with Crippen LogP contribution >= 0.6 is 11.3 Å². The fourth-order valence-corrected chi connectivity index (χ4v) is 3.22. The van der Waals surface area contributed by atoms with Crippen LogP contribution in [-0.4, -0.2) is 11.1 Å². The van der Waals surface area contributed by atoms with Crippen molar-refractivity contribution in [3.63, 3.8) is 0 Å². The van der Waals surface area contributed by atoms with E-state index in [2.05, 4.69) is 68.2 Å². The van der Waals surface area contributed by atoms with E-state index in [9.17, 15) is 0 Å². The maximum absolute atomic E-state index is 3.60. The molecule has 0 aliphatic heterocycles. The van der Waals surface area contributed by atoms with Gasteiger partial charge in [0.2, 0.25) is 0 Å². The summed E-state index contributed by atoms with van der Waals surface area (Å²) in [4.78, 5) is 1.45. The molecule has 104 valence electrons. The van der Waals surface area contributed by atoms with E-state index >= 15 is 0 Å². The Balaban J connectivity index is 1.95. The maximum atomic E-state index is 3.60. The molecule has 0 saturated carbocycles. The number of thiophene rings is 1. The van der Waals surface area contributed by atoms with Gasteiger partial charge in [0.25, 0.3) is 0 Å². The summed E-state index contributed by atoms with van der Waals surface area (Å²) in [5.74, 6) is 0. The SMILES string of the molecule is Cc1cc(CNCC(C)(C)c2cccs2)c(C)n1C. The molecule has 2 nitrogen and oxygen atoms in total. The Bertz CT molecular complexity index is 535. The Morgan fingerprint density at radius 1 is 1.32 bits per heavy atom. The lowest BCUT2D eigenvalue weighted by atomic mass is 9.91. The van der Waals surface area contributed by atoms with Crippen LogP contribution in [0.15, 0.2) is 23.6 Å². The third kappa shape index (κ3) is 3.10. The summed E-state index contributed by atoms with van der Waals surface area (Å²) in [6.07, 6.45) is 0. The highest BCUT2D eigenvalue weighted by molar-refractivity contribution is 7.10. The second kappa shape index (κ2) is 5.51. The van der Waals surface area contributed by atoms with Gasteiger partial charge in [0.05, 0.1) is 0 Å². The van der Waals surface area contributed by atoms with Crippen LogP contribution in [0.25, 0.3) is 0 Å². The van der Waals surface area contributed by atoms with E-state index < -0.39 is 0 Å². The molecule has 19 heavy (non-hydrogen) atoms. The van der Waals surface area contributed by atoms with Gasteiger partial charge >= 0.3 is 0 Å². The lowest BCUT2D eigenvalue weighted by Crippen LogP contribution is -2.32. The average Bonchev–Trinajstić information content (AvgIpc) is 2.96. The summed E-state index contributed by atoms with van der Waals surface area (Å²) in [6, 6.07) is 6.64. The molecule has 0 atom stereocenters. The first-order valence-electron chi connectivity index (χ1n) is 6.78. The van der Waals surface area contributed by atoms with Crippen molar-refractivity contribution in [2.45, 2.75) is 39.7 Å². The van der Waals surface area contributed by atoms with Gasteiger partial charge in [-0.15, -0.1) is 11.3 Å². The van der Waals surface area contributed by atoms with Gasteiger partial charge in [0.1, 0.15) is 0 Å². The topological polar surface area (TPSA) is 17.0 Å². The second-order valence-electron chi connectivity index (χ2n) is 5.92. The minimum atomic E-state index is 0.200. The number of aryl methyl sites for hydroxylation is 1. The zero-order chi connectivity index (χ0) is 14.0. The van der Waals surface area contributed by atoms with Crippen LogP contribution in [0.3, 0.4) is 0 Å². The molecule has 0 bridgehead atoms. The fourth-order valence-electron chi connectivity index (χ4n) is 2.37. The van der Waals surface area contributed by atoms with E-state index in [4.69, 9.17) is 0 Å². The van der Waals surface area contributed by atoms with E-state index in [1.807, 2.05) is 11.3 Å². The van der Waals surface area contributed by atoms with Gasteiger partial charge in [0.15, 0.2) is 0 Å². The molecule has 2 rings (SSSR count). The molecular formula is C16H24N2S. The van der Waals surface area contributed by atoms with E-state index in [0.717, 1.165) is 13.1 Å². The molecule has 0 aliphatic carbocycles. The molecule has 0 aromatic carbocycles. The lowest BCUT2D eigenvalue weighted by Gasteiger charge is -2.23. The predicted octanol–water partition coefficient (Wildman–Crippen LogP) is 3.77. The first-order valence-corrected chi connectivity index (χ1v) is 7.66. The van der Waals surface area contributed by atoms with Gasteiger partial charge in [-0.3, -0.25) is 0 Å². The zero-order valence-corrected chi connectivity index (χ0v) is 13.4. The normalized spacial score (nSPS) is 12.1. The Morgan fingerprint density at radius 2 is 2.05 bits per heavy atom. The van der Waals surface area contributed by atoms with Crippen molar-refractivity contribution < 1.29 is 0 Å². The van der Waals surface area contributed by atoms with Gasteiger partial charge < -0.3 is 9.88 Å². The number of nitrogens with one attached hydrogen (secondary N) is 1. The molecule has 0 aliphatic rings. The standard InChI is InChI=1S/C16H24N2S/c1-12-9-14(13(2)18(12)5)10-17-11-16(3,4)15-7-6-8-19-15/h6-9,17H,10-11H2,1-5H3. The van der Waals surface area contributed by atoms with E-state index in [0.29, 0.717) is 0 Å². The average molecular weight is 276 g/mol. The third-order valence-electron chi connectivity index (χ3n) is 3.95. The third-order valence-corrected chi connectivity index (χ3v) is 5.19. The Hall–Kier alpha value is -1.06. The van der Waals surface area contributed by atoms with Crippen LogP contribution < -0.4 is 5.32 Å². The fraction of sp³-hybridized carbons (Fsp3) is 0.500. The van der Waals surface area contributed by atoms with Crippen molar-refractivity contribution >= 4 is 11.3 Å². The first kappa shape index (κ1) is 14.4. The molecule has 2 aromatic rings. The summed E-state index contributed by atoms with van der Waals surface area (Å²) in [6.45, 7) is 10.9. The minimum absolute atomic E-state index is 0.200. The van der Waals surface area contributed by atoms with E-state index in [1.54, 1.807) is 0 Å². The molecule has 3 heteroatoms. The van der Waals surface area contributed by atoms with Crippen molar-refractivity contribution in [2.75, 3.05) is 6.54 Å². The number of rotatable bonds is 5. The Kier molecular flexibility index (Phi) is 4.16. The molecule has 0 unspecified atom stereocenters. The molecule has 0 fully saturated rings. The maximum Gasteiger partial charge on any atom is 0.0223 e. The van der Waals surface area contributed by atoms with Crippen LogP contribution in [0.5, 0.6) is 0 Å². The summed E-state index contributed by atoms with van der Waals surface area (Å²) < 4.78 is 2.25. The number of hydrogen-bond donors (Lipinski definition) is 1. The van der Waals surface area contributed by atoms with Gasteiger partial charge in [-0.25, -0.2) is 0 Å². The quantitative estimate of drug-likeness (QED) is 0.879. The van der Waals surface area contributed by atoms with Gasteiger partial charge in [-0.2, -0.15) is 0 Å². The van der Waals surface area contributed by atoms with Crippen molar-refractivity contribution in [1.82, 2.24) is 9.88 Å². The zero-order valence-electron chi connectivity index (χ0n) is 12.6. The Labute approximate surface area is 120 Å². The molecule has 0 saturated heterocycles. The highest BCUT2D eigenvalue weighted by Gasteiger charge is 2.21. The smallest absolute Gasteiger partial charge is 0.0223 e. The summed E-state index contributed by atoms with van der Waals surface area (Å²) >= 11 is 1.84. The molecular weight excluding hydrogens is 252 g/mol. The number of hydrogen-bond acceptors (Lipinski definition) is 2. The minimum Gasteiger partial charge on any atom is -0.352 e. The van der Waals surface area contributed by atoms with E-state index in [1.165, 1.54) is 21.8 Å². The predicted molar refractivity (Wildman–Crippen MR) is 83.9 cm³/mol. The number of nitrogens with zero attached hydrogens (tertiary/aromatic N) is 1. The highest BCUT2D eigenvalue weighted by atomic mass is 32.1. The number of aromatic nitrogens is 1. The molecule has 0 amide bonds. The van der Waals surface area contributed by atoms with Gasteiger partial charge in [0, 0.05) is 41.8 Å². The molecule has 2 aromatic heterocycles. The van der Waals surface area contributed by atoms with Crippen molar-refractivity contribution in [3.05, 3.63) is 45.4 Å². The second-order valence-corrected chi connectivity index (χ2v) is 6.87. The van der Waals surface area contributed by atoms with Crippen LogP contribution in [-0.2, 0) is 19.0 Å². The van der Waals surface area contributed by atoms with Crippen molar-refractivity contribution in [2.24, 2.45) is 7.05 Å².